The molecule has 0 saturated heterocycles. The van der Waals surface area contributed by atoms with Gasteiger partial charge in [-0.1, -0.05) is 12.1 Å². The minimum absolute atomic E-state index is 0.103. The van der Waals surface area contributed by atoms with Crippen LogP contribution in [0.25, 0.3) is 10.8 Å². The molecule has 4 N–H and O–H groups in total. The highest BCUT2D eigenvalue weighted by atomic mass is 16.6. The molecule has 28 heavy (non-hydrogen) atoms. The van der Waals surface area contributed by atoms with Crippen LogP contribution in [0.15, 0.2) is 36.4 Å². The average Bonchev–Trinajstić information content (AvgIpc) is 2.69. The van der Waals surface area contributed by atoms with Crippen LogP contribution in [0.3, 0.4) is 0 Å². The van der Waals surface area contributed by atoms with Crippen LogP contribution in [0, 0.1) is 0 Å². The second kappa shape index (κ2) is 10.7. The molecule has 0 aliphatic heterocycles. The lowest BCUT2D eigenvalue weighted by molar-refractivity contribution is -0.0716. The highest BCUT2D eigenvalue weighted by Crippen LogP contribution is 2.20. The van der Waals surface area contributed by atoms with Crippen molar-refractivity contribution in [3.8, 4) is 0 Å². The monoisotopic (exact) mass is 392 g/mol. The number of aliphatic hydroxyl groups excluding tert-OH is 4. The molecule has 0 fully saturated rings. The number of benzene rings is 2. The van der Waals surface area contributed by atoms with Gasteiger partial charge in [0.2, 0.25) is 12.6 Å². The maximum atomic E-state index is 12.1. The van der Waals surface area contributed by atoms with Crippen molar-refractivity contribution in [2.45, 2.75) is 38.3 Å². The molecule has 0 aromatic heterocycles. The Bertz CT molecular complexity index is 737. The van der Waals surface area contributed by atoms with Gasteiger partial charge in [0.15, 0.2) is 0 Å². The SMILES string of the molecule is O=C(OC(O)CCCO)c1ccc2cc(C(=O)OC(O)CCCO)ccc2c1. The molecule has 0 bridgehead atoms. The Hall–Kier alpha value is -2.52. The second-order valence-electron chi connectivity index (χ2n) is 6.23. The minimum Gasteiger partial charge on any atom is -0.432 e. The van der Waals surface area contributed by atoms with Crippen molar-refractivity contribution < 1.29 is 39.5 Å². The van der Waals surface area contributed by atoms with Gasteiger partial charge in [-0.05, 0) is 47.9 Å². The van der Waals surface area contributed by atoms with Gasteiger partial charge >= 0.3 is 11.9 Å². The second-order valence-corrected chi connectivity index (χ2v) is 6.23. The number of rotatable bonds is 10. The standard InChI is InChI=1S/C20H24O8/c21-9-1-3-17(23)27-19(25)15-7-5-14-12-16(8-6-13(14)11-15)20(26)28-18(24)4-2-10-22/h5-8,11-12,17-18,21-24H,1-4,9-10H2. The summed E-state index contributed by atoms with van der Waals surface area (Å²) >= 11 is 0. The number of esters is 2. The summed E-state index contributed by atoms with van der Waals surface area (Å²) < 4.78 is 9.82. The summed E-state index contributed by atoms with van der Waals surface area (Å²) in [5, 5.41) is 38.0. The fourth-order valence-corrected chi connectivity index (χ4v) is 2.53. The molecule has 2 unspecified atom stereocenters. The molecule has 0 aliphatic rings. The lowest BCUT2D eigenvalue weighted by Crippen LogP contribution is -2.18. The van der Waals surface area contributed by atoms with E-state index in [1.54, 1.807) is 24.3 Å². The van der Waals surface area contributed by atoms with Crippen LogP contribution in [0.1, 0.15) is 46.4 Å². The number of carbonyl (C=O) groups is 2. The number of carbonyl (C=O) groups excluding carboxylic acids is 2. The van der Waals surface area contributed by atoms with Crippen molar-refractivity contribution in [1.29, 1.82) is 0 Å². The molecule has 2 aromatic carbocycles. The van der Waals surface area contributed by atoms with Crippen molar-refractivity contribution >= 4 is 22.7 Å². The fraction of sp³-hybridized carbons (Fsp3) is 0.400. The van der Waals surface area contributed by atoms with Gasteiger partial charge in [-0.2, -0.15) is 0 Å². The van der Waals surface area contributed by atoms with Gasteiger partial charge in [-0.15, -0.1) is 0 Å². The van der Waals surface area contributed by atoms with Crippen molar-refractivity contribution in [2.75, 3.05) is 13.2 Å². The fourth-order valence-electron chi connectivity index (χ4n) is 2.53. The van der Waals surface area contributed by atoms with Gasteiger partial charge in [0.1, 0.15) is 0 Å². The third-order valence-corrected chi connectivity index (χ3v) is 4.02. The van der Waals surface area contributed by atoms with E-state index in [-0.39, 0.29) is 37.2 Å². The van der Waals surface area contributed by atoms with E-state index in [0.29, 0.717) is 23.6 Å². The summed E-state index contributed by atoms with van der Waals surface area (Å²) in [6.45, 7) is -0.207. The predicted molar refractivity (Wildman–Crippen MR) is 99.4 cm³/mol. The Kier molecular flexibility index (Phi) is 8.34. The Morgan fingerprint density at radius 2 is 1.14 bits per heavy atom. The molecule has 2 atom stereocenters. The van der Waals surface area contributed by atoms with Crippen molar-refractivity contribution in [3.05, 3.63) is 47.5 Å². The molecule has 0 aliphatic carbocycles. The number of hydrogen-bond donors (Lipinski definition) is 4. The summed E-state index contributed by atoms with van der Waals surface area (Å²) in [6.07, 6.45) is -1.65. The first-order chi connectivity index (χ1) is 13.4. The van der Waals surface area contributed by atoms with Crippen molar-refractivity contribution in [1.82, 2.24) is 0 Å². The van der Waals surface area contributed by atoms with E-state index in [4.69, 9.17) is 19.7 Å². The normalized spacial score (nSPS) is 13.1. The van der Waals surface area contributed by atoms with E-state index in [2.05, 4.69) is 0 Å². The lowest BCUT2D eigenvalue weighted by Gasteiger charge is -2.13. The Balaban J connectivity index is 2.07. The topological polar surface area (TPSA) is 134 Å². The van der Waals surface area contributed by atoms with Gasteiger partial charge in [-0.3, -0.25) is 0 Å². The molecule has 8 heteroatoms. The molecule has 0 saturated carbocycles. The Morgan fingerprint density at radius 1 is 0.750 bits per heavy atom. The Morgan fingerprint density at radius 3 is 1.50 bits per heavy atom. The van der Waals surface area contributed by atoms with Crippen molar-refractivity contribution in [3.63, 3.8) is 0 Å². The minimum atomic E-state index is -1.29. The van der Waals surface area contributed by atoms with Gasteiger partial charge in [0.05, 0.1) is 11.1 Å². The number of ether oxygens (including phenoxy) is 2. The molecule has 0 spiro atoms. The number of fused-ring (bicyclic) bond motifs is 1. The largest absolute Gasteiger partial charge is 0.432 e. The summed E-state index contributed by atoms with van der Waals surface area (Å²) in [7, 11) is 0. The zero-order chi connectivity index (χ0) is 20.5. The van der Waals surface area contributed by atoms with Crippen LogP contribution in [0.2, 0.25) is 0 Å². The smallest absolute Gasteiger partial charge is 0.340 e. The van der Waals surface area contributed by atoms with Crippen LogP contribution < -0.4 is 0 Å². The highest BCUT2D eigenvalue weighted by molar-refractivity contribution is 5.99. The van der Waals surface area contributed by atoms with Gasteiger partial charge in [-0.25, -0.2) is 9.59 Å². The maximum absolute atomic E-state index is 12.1. The summed E-state index contributed by atoms with van der Waals surface area (Å²) in [6, 6.07) is 9.42. The van der Waals surface area contributed by atoms with Gasteiger partial charge < -0.3 is 29.9 Å². The van der Waals surface area contributed by atoms with E-state index in [9.17, 15) is 19.8 Å². The molecule has 152 valence electrons. The van der Waals surface area contributed by atoms with Crippen molar-refractivity contribution in [2.24, 2.45) is 0 Å². The lowest BCUT2D eigenvalue weighted by atomic mass is 10.0. The summed E-state index contributed by atoms with van der Waals surface area (Å²) in [5.74, 6) is -1.38. The zero-order valence-corrected chi connectivity index (χ0v) is 15.3. The number of aliphatic hydroxyl groups is 4. The van der Waals surface area contributed by atoms with Crippen LogP contribution in [-0.4, -0.2) is 58.2 Å². The molecule has 0 amide bonds. The number of hydrogen-bond acceptors (Lipinski definition) is 8. The summed E-state index contributed by atoms with van der Waals surface area (Å²) in [4.78, 5) is 24.2. The van der Waals surface area contributed by atoms with E-state index in [0.717, 1.165) is 0 Å². The van der Waals surface area contributed by atoms with Crippen LogP contribution in [-0.2, 0) is 9.47 Å². The first-order valence-corrected chi connectivity index (χ1v) is 8.98. The van der Waals surface area contributed by atoms with E-state index < -0.39 is 24.5 Å². The first-order valence-electron chi connectivity index (χ1n) is 8.98. The molecular weight excluding hydrogens is 368 g/mol. The van der Waals surface area contributed by atoms with Crippen LogP contribution in [0.5, 0.6) is 0 Å². The highest BCUT2D eigenvalue weighted by Gasteiger charge is 2.16. The quantitative estimate of drug-likeness (QED) is 0.352. The molecule has 8 nitrogen and oxygen atoms in total. The Labute approximate surface area is 161 Å². The first kappa shape index (κ1) is 21.8. The molecule has 2 aromatic rings. The zero-order valence-electron chi connectivity index (χ0n) is 15.3. The molecular formula is C20H24O8. The average molecular weight is 392 g/mol. The molecule has 0 heterocycles. The van der Waals surface area contributed by atoms with Gasteiger partial charge in [0, 0.05) is 26.1 Å². The van der Waals surface area contributed by atoms with Crippen LogP contribution in [0.4, 0.5) is 0 Å². The van der Waals surface area contributed by atoms with E-state index in [1.807, 2.05) is 0 Å². The maximum Gasteiger partial charge on any atom is 0.340 e. The predicted octanol–water partition coefficient (Wildman–Crippen LogP) is 1.34. The third kappa shape index (κ3) is 6.28. The molecule has 0 radical (unpaired) electrons. The van der Waals surface area contributed by atoms with Gasteiger partial charge in [0.25, 0.3) is 0 Å². The van der Waals surface area contributed by atoms with E-state index in [1.165, 1.54) is 12.1 Å². The van der Waals surface area contributed by atoms with Crippen LogP contribution >= 0.6 is 0 Å². The summed E-state index contributed by atoms with van der Waals surface area (Å²) in [5.41, 5.74) is 0.482. The van der Waals surface area contributed by atoms with E-state index >= 15 is 0 Å². The third-order valence-electron chi connectivity index (χ3n) is 4.02. The molecule has 2 rings (SSSR count).